The van der Waals surface area contributed by atoms with Gasteiger partial charge in [0.2, 0.25) is 0 Å². The average Bonchev–Trinajstić information content (AvgIpc) is 2.89. The molecule has 5 heteroatoms. The summed E-state index contributed by atoms with van der Waals surface area (Å²) >= 11 is 0. The van der Waals surface area contributed by atoms with E-state index in [1.807, 2.05) is 17.0 Å². The molecule has 0 amide bonds. The number of nitrogens with zero attached hydrogens (tertiary/aromatic N) is 2. The molecule has 122 valence electrons. The topological polar surface area (TPSA) is 36.4 Å². The van der Waals surface area contributed by atoms with Crippen molar-refractivity contribution >= 4 is 0 Å². The number of aromatic nitrogens is 1. The molecule has 1 fully saturated rings. The Labute approximate surface area is 134 Å². The van der Waals surface area contributed by atoms with E-state index in [1.54, 1.807) is 31.5 Å². The number of aliphatic hydroxyl groups is 1. The molecule has 0 unspecified atom stereocenters. The number of benzene rings is 1. The number of pyridine rings is 1. The standard InChI is InChI=1S/C18H20F2N2O/c1-12-2-3-14(18(20)17(12)19)9-22-10-15(16(23)11-22)8-13-4-6-21-7-5-13/h2-7,15-16,23H,8-11H2,1H3/t15-,16+/m1/s1. The lowest BCUT2D eigenvalue weighted by Crippen LogP contribution is -2.22. The van der Waals surface area contributed by atoms with Gasteiger partial charge in [-0.25, -0.2) is 8.78 Å². The van der Waals surface area contributed by atoms with Gasteiger partial charge in [-0.3, -0.25) is 9.88 Å². The molecule has 1 aromatic carbocycles. The second-order valence-corrected chi connectivity index (χ2v) is 6.25. The third-order valence-corrected chi connectivity index (χ3v) is 4.48. The molecule has 2 atom stereocenters. The van der Waals surface area contributed by atoms with Crippen molar-refractivity contribution in [3.8, 4) is 0 Å². The maximum atomic E-state index is 14.0. The van der Waals surface area contributed by atoms with Crippen LogP contribution in [0.5, 0.6) is 0 Å². The number of halogens is 2. The van der Waals surface area contributed by atoms with Crippen molar-refractivity contribution in [2.75, 3.05) is 13.1 Å². The van der Waals surface area contributed by atoms with Crippen LogP contribution < -0.4 is 0 Å². The van der Waals surface area contributed by atoms with E-state index in [1.165, 1.54) is 0 Å². The molecule has 23 heavy (non-hydrogen) atoms. The Kier molecular flexibility index (Phi) is 4.68. The number of hydrogen-bond donors (Lipinski definition) is 1. The quantitative estimate of drug-likeness (QED) is 0.942. The molecule has 0 aliphatic carbocycles. The fraction of sp³-hybridized carbons (Fsp3) is 0.389. The summed E-state index contributed by atoms with van der Waals surface area (Å²) in [5.41, 5.74) is 1.77. The van der Waals surface area contributed by atoms with E-state index in [0.717, 1.165) is 12.0 Å². The molecular formula is C18H20F2N2O. The van der Waals surface area contributed by atoms with Gasteiger partial charge in [0.15, 0.2) is 11.6 Å². The van der Waals surface area contributed by atoms with Crippen LogP contribution in [0.25, 0.3) is 0 Å². The Hall–Kier alpha value is -1.85. The minimum Gasteiger partial charge on any atom is -0.391 e. The van der Waals surface area contributed by atoms with Crippen LogP contribution in [-0.2, 0) is 13.0 Å². The van der Waals surface area contributed by atoms with Gasteiger partial charge in [-0.05, 0) is 36.6 Å². The molecule has 3 nitrogen and oxygen atoms in total. The molecule has 1 aliphatic rings. The predicted octanol–water partition coefficient (Wildman–Crippen LogP) is 2.70. The van der Waals surface area contributed by atoms with Crippen molar-refractivity contribution in [1.82, 2.24) is 9.88 Å². The van der Waals surface area contributed by atoms with E-state index in [-0.39, 0.29) is 5.92 Å². The minimum absolute atomic E-state index is 0.0933. The number of aliphatic hydroxyl groups excluding tert-OH is 1. The minimum atomic E-state index is -0.782. The summed E-state index contributed by atoms with van der Waals surface area (Å²) in [6.07, 6.45) is 3.77. The van der Waals surface area contributed by atoms with E-state index in [2.05, 4.69) is 4.98 Å². The molecule has 0 bridgehead atoms. The maximum Gasteiger partial charge on any atom is 0.163 e. The van der Waals surface area contributed by atoms with Crippen LogP contribution in [0.1, 0.15) is 16.7 Å². The smallest absolute Gasteiger partial charge is 0.163 e. The highest BCUT2D eigenvalue weighted by Crippen LogP contribution is 2.24. The van der Waals surface area contributed by atoms with Gasteiger partial charge in [0.05, 0.1) is 6.10 Å². The highest BCUT2D eigenvalue weighted by Gasteiger charge is 2.31. The third kappa shape index (κ3) is 3.57. The van der Waals surface area contributed by atoms with Crippen molar-refractivity contribution in [1.29, 1.82) is 0 Å². The molecular weight excluding hydrogens is 298 g/mol. The first kappa shape index (κ1) is 16.0. The molecule has 2 heterocycles. The normalized spacial score (nSPS) is 21.7. The lowest BCUT2D eigenvalue weighted by Gasteiger charge is -2.16. The summed E-state index contributed by atoms with van der Waals surface area (Å²) in [6.45, 7) is 3.00. The lowest BCUT2D eigenvalue weighted by atomic mass is 9.97. The first-order valence-corrected chi connectivity index (χ1v) is 7.77. The number of β-amino-alcohol motifs (C(OH)–C–C–N with tert-alkyl or cyclic N) is 1. The Bertz CT molecular complexity index is 678. The molecule has 2 aromatic rings. The van der Waals surface area contributed by atoms with Crippen molar-refractivity contribution < 1.29 is 13.9 Å². The van der Waals surface area contributed by atoms with Gasteiger partial charge in [0, 0.05) is 43.5 Å². The van der Waals surface area contributed by atoms with E-state index >= 15 is 0 Å². The fourth-order valence-electron chi connectivity index (χ4n) is 3.14. The number of hydrogen-bond acceptors (Lipinski definition) is 3. The molecule has 0 radical (unpaired) electrons. The van der Waals surface area contributed by atoms with Crippen LogP contribution in [0.3, 0.4) is 0 Å². The summed E-state index contributed by atoms with van der Waals surface area (Å²) in [4.78, 5) is 5.96. The molecule has 1 aromatic heterocycles. The van der Waals surface area contributed by atoms with Crippen LogP contribution >= 0.6 is 0 Å². The summed E-state index contributed by atoms with van der Waals surface area (Å²) < 4.78 is 27.6. The third-order valence-electron chi connectivity index (χ3n) is 4.48. The second kappa shape index (κ2) is 6.72. The van der Waals surface area contributed by atoms with Crippen LogP contribution in [0.4, 0.5) is 8.78 Å². The first-order valence-electron chi connectivity index (χ1n) is 7.77. The number of likely N-dealkylation sites (tertiary alicyclic amines) is 1. The van der Waals surface area contributed by atoms with Crippen molar-refractivity contribution in [2.24, 2.45) is 5.92 Å². The highest BCUT2D eigenvalue weighted by atomic mass is 19.2. The van der Waals surface area contributed by atoms with Crippen molar-refractivity contribution in [3.63, 3.8) is 0 Å². The molecule has 0 spiro atoms. The van der Waals surface area contributed by atoms with Gasteiger partial charge in [-0.15, -0.1) is 0 Å². The van der Waals surface area contributed by atoms with Crippen molar-refractivity contribution in [3.05, 3.63) is 65.0 Å². The van der Waals surface area contributed by atoms with Crippen LogP contribution in [-0.4, -0.2) is 34.2 Å². The zero-order chi connectivity index (χ0) is 16.4. The second-order valence-electron chi connectivity index (χ2n) is 6.25. The Morgan fingerprint density at radius 1 is 1.13 bits per heavy atom. The molecule has 1 saturated heterocycles. The predicted molar refractivity (Wildman–Crippen MR) is 83.8 cm³/mol. The van der Waals surface area contributed by atoms with Gasteiger partial charge < -0.3 is 5.11 Å². The summed E-state index contributed by atoms with van der Waals surface area (Å²) in [5, 5.41) is 10.2. The van der Waals surface area contributed by atoms with Crippen LogP contribution in [0.15, 0.2) is 36.7 Å². The number of rotatable bonds is 4. The summed E-state index contributed by atoms with van der Waals surface area (Å²) in [5.74, 6) is -1.47. The zero-order valence-electron chi connectivity index (χ0n) is 13.0. The van der Waals surface area contributed by atoms with Crippen LogP contribution in [0, 0.1) is 24.5 Å². The van der Waals surface area contributed by atoms with E-state index in [4.69, 9.17) is 0 Å². The fourth-order valence-corrected chi connectivity index (χ4v) is 3.14. The van der Waals surface area contributed by atoms with Gasteiger partial charge in [0.25, 0.3) is 0 Å². The van der Waals surface area contributed by atoms with Gasteiger partial charge in [-0.2, -0.15) is 0 Å². The highest BCUT2D eigenvalue weighted by molar-refractivity contribution is 5.25. The average molecular weight is 318 g/mol. The van der Waals surface area contributed by atoms with E-state index < -0.39 is 17.7 Å². The Morgan fingerprint density at radius 3 is 2.61 bits per heavy atom. The SMILES string of the molecule is Cc1ccc(CN2C[C@@H](Cc3ccncc3)[C@@H](O)C2)c(F)c1F. The molecule has 0 saturated carbocycles. The zero-order valence-corrected chi connectivity index (χ0v) is 13.0. The largest absolute Gasteiger partial charge is 0.391 e. The van der Waals surface area contributed by atoms with Crippen molar-refractivity contribution in [2.45, 2.75) is 26.0 Å². The molecule has 1 N–H and O–H groups in total. The monoisotopic (exact) mass is 318 g/mol. The Balaban J connectivity index is 1.66. The van der Waals surface area contributed by atoms with Gasteiger partial charge in [0.1, 0.15) is 0 Å². The molecule has 3 rings (SSSR count). The summed E-state index contributed by atoms with van der Waals surface area (Å²) in [7, 11) is 0. The van der Waals surface area contributed by atoms with E-state index in [0.29, 0.717) is 30.8 Å². The Morgan fingerprint density at radius 2 is 1.87 bits per heavy atom. The number of aryl methyl sites for hydroxylation is 1. The molecule has 1 aliphatic heterocycles. The van der Waals surface area contributed by atoms with Gasteiger partial charge >= 0.3 is 0 Å². The maximum absolute atomic E-state index is 14.0. The first-order chi connectivity index (χ1) is 11.0. The van der Waals surface area contributed by atoms with E-state index in [9.17, 15) is 13.9 Å². The van der Waals surface area contributed by atoms with Gasteiger partial charge in [-0.1, -0.05) is 12.1 Å². The van der Waals surface area contributed by atoms with Crippen LogP contribution in [0.2, 0.25) is 0 Å². The summed E-state index contributed by atoms with van der Waals surface area (Å²) in [6, 6.07) is 7.08. The lowest BCUT2D eigenvalue weighted by molar-refractivity contribution is 0.141.